The first-order valence-electron chi connectivity index (χ1n) is 7.56. The summed E-state index contributed by atoms with van der Waals surface area (Å²) in [5.74, 6) is 0. The van der Waals surface area contributed by atoms with Crippen LogP contribution in [0.1, 0.15) is 19.5 Å². The number of urea groups is 1. The third kappa shape index (κ3) is 5.65. The molecule has 0 aliphatic rings. The van der Waals surface area contributed by atoms with Crippen LogP contribution in [-0.4, -0.2) is 46.8 Å². The van der Waals surface area contributed by atoms with Crippen LogP contribution in [0.3, 0.4) is 0 Å². The molecule has 2 N–H and O–H groups in total. The molecule has 1 heterocycles. The molecule has 2 amide bonds. The summed E-state index contributed by atoms with van der Waals surface area (Å²) in [5, 5.41) is 15.6. The summed E-state index contributed by atoms with van der Waals surface area (Å²) >= 11 is 1.61. The summed E-state index contributed by atoms with van der Waals surface area (Å²) in [6, 6.07) is 9.86. The third-order valence-electron chi connectivity index (χ3n) is 3.20. The van der Waals surface area contributed by atoms with E-state index in [2.05, 4.69) is 10.3 Å². The quantitative estimate of drug-likeness (QED) is 0.854. The van der Waals surface area contributed by atoms with Crippen molar-refractivity contribution in [2.24, 2.45) is 0 Å². The van der Waals surface area contributed by atoms with Gasteiger partial charge in [-0.15, -0.1) is 11.3 Å². The first-order valence-corrected chi connectivity index (χ1v) is 8.44. The zero-order valence-corrected chi connectivity index (χ0v) is 14.6. The molecule has 0 unspecified atom stereocenters. The van der Waals surface area contributed by atoms with Gasteiger partial charge in [-0.1, -0.05) is 30.3 Å². The van der Waals surface area contributed by atoms with Gasteiger partial charge in [-0.05, 0) is 13.8 Å². The molecule has 0 saturated carbocycles. The molecule has 0 saturated heterocycles. The lowest BCUT2D eigenvalue weighted by Crippen LogP contribution is -2.45. The molecule has 0 radical (unpaired) electrons. The van der Waals surface area contributed by atoms with Crippen molar-refractivity contribution in [3.8, 4) is 10.6 Å². The van der Waals surface area contributed by atoms with Crippen LogP contribution in [0, 0.1) is 0 Å². The van der Waals surface area contributed by atoms with Crippen LogP contribution in [0.2, 0.25) is 0 Å². The normalized spacial score (nSPS) is 11.3. The number of thiazole rings is 1. The van der Waals surface area contributed by atoms with Gasteiger partial charge in [0.25, 0.3) is 0 Å². The van der Waals surface area contributed by atoms with Crippen LogP contribution < -0.4 is 5.32 Å². The molecule has 5 nitrogen and oxygen atoms in total. The van der Waals surface area contributed by atoms with E-state index >= 15 is 0 Å². The fourth-order valence-corrected chi connectivity index (χ4v) is 3.08. The number of nitrogens with one attached hydrogen (secondary N) is 1. The Hall–Kier alpha value is -1.92. The number of hydrogen-bond donors (Lipinski definition) is 2. The second-order valence-corrected chi connectivity index (χ2v) is 7.02. The monoisotopic (exact) mass is 333 g/mol. The number of likely N-dealkylation sites (N-methyl/N-ethyl adjacent to an activating group) is 1. The van der Waals surface area contributed by atoms with E-state index in [-0.39, 0.29) is 12.6 Å². The van der Waals surface area contributed by atoms with E-state index in [9.17, 15) is 9.90 Å². The summed E-state index contributed by atoms with van der Waals surface area (Å²) in [6.45, 7) is 4.16. The Morgan fingerprint density at radius 3 is 2.70 bits per heavy atom. The Morgan fingerprint density at radius 1 is 1.35 bits per heavy atom. The van der Waals surface area contributed by atoms with E-state index in [0.717, 1.165) is 16.3 Å². The lowest BCUT2D eigenvalue weighted by Gasteiger charge is -2.25. The van der Waals surface area contributed by atoms with Crippen LogP contribution >= 0.6 is 11.3 Å². The maximum Gasteiger partial charge on any atom is 0.317 e. The van der Waals surface area contributed by atoms with Gasteiger partial charge in [0.15, 0.2) is 0 Å². The molecule has 1 aromatic carbocycles. The Kier molecular flexibility index (Phi) is 5.74. The number of amides is 2. The van der Waals surface area contributed by atoms with E-state index in [1.54, 1.807) is 32.2 Å². The topological polar surface area (TPSA) is 65.5 Å². The predicted molar refractivity (Wildman–Crippen MR) is 93.6 cm³/mol. The Morgan fingerprint density at radius 2 is 2.04 bits per heavy atom. The van der Waals surface area contributed by atoms with Crippen LogP contribution in [0.25, 0.3) is 10.6 Å². The van der Waals surface area contributed by atoms with Crippen LogP contribution in [0.5, 0.6) is 0 Å². The average Bonchev–Trinajstić information content (AvgIpc) is 2.95. The van der Waals surface area contributed by atoms with Crippen molar-refractivity contribution in [3.05, 3.63) is 41.4 Å². The number of hydrogen-bond acceptors (Lipinski definition) is 4. The predicted octanol–water partition coefficient (Wildman–Crippen LogP) is 2.76. The lowest BCUT2D eigenvalue weighted by molar-refractivity contribution is 0.0532. The molecular weight excluding hydrogens is 310 g/mol. The molecule has 2 aromatic rings. The van der Waals surface area contributed by atoms with Gasteiger partial charge < -0.3 is 15.3 Å². The number of carbonyl (C=O) groups excluding carboxylic acids is 1. The number of aliphatic hydroxyl groups is 1. The molecular formula is C17H23N3O2S. The number of nitrogens with zero attached hydrogens (tertiary/aromatic N) is 2. The number of aromatic nitrogens is 1. The first kappa shape index (κ1) is 17.4. The van der Waals surface area contributed by atoms with Gasteiger partial charge in [-0.2, -0.15) is 0 Å². The Bertz CT molecular complexity index is 635. The molecule has 0 bridgehead atoms. The second kappa shape index (κ2) is 7.57. The minimum Gasteiger partial charge on any atom is -0.389 e. The summed E-state index contributed by atoms with van der Waals surface area (Å²) in [5.41, 5.74) is 1.18. The molecule has 6 heteroatoms. The number of benzene rings is 1. The van der Waals surface area contributed by atoms with Gasteiger partial charge >= 0.3 is 6.03 Å². The van der Waals surface area contributed by atoms with Gasteiger partial charge in [0.05, 0.1) is 17.8 Å². The van der Waals surface area contributed by atoms with E-state index in [1.165, 1.54) is 4.90 Å². The maximum atomic E-state index is 11.9. The van der Waals surface area contributed by atoms with Crippen LogP contribution in [0.15, 0.2) is 35.7 Å². The number of carbonyl (C=O) groups is 1. The minimum absolute atomic E-state index is 0.189. The van der Waals surface area contributed by atoms with E-state index in [4.69, 9.17) is 0 Å². The van der Waals surface area contributed by atoms with Crippen molar-refractivity contribution in [2.45, 2.75) is 25.9 Å². The van der Waals surface area contributed by atoms with Crippen molar-refractivity contribution in [1.82, 2.24) is 15.2 Å². The van der Waals surface area contributed by atoms with Crippen molar-refractivity contribution < 1.29 is 9.90 Å². The summed E-state index contributed by atoms with van der Waals surface area (Å²) in [6.07, 6.45) is 0.686. The number of rotatable bonds is 6. The van der Waals surface area contributed by atoms with Gasteiger partial charge in [0.2, 0.25) is 0 Å². The van der Waals surface area contributed by atoms with Gasteiger partial charge in [-0.25, -0.2) is 9.78 Å². The highest BCUT2D eigenvalue weighted by molar-refractivity contribution is 7.13. The fraction of sp³-hybridized carbons (Fsp3) is 0.412. The molecule has 1 aromatic heterocycles. The molecule has 124 valence electrons. The van der Waals surface area contributed by atoms with Crippen molar-refractivity contribution >= 4 is 17.4 Å². The first-order chi connectivity index (χ1) is 10.8. The third-order valence-corrected chi connectivity index (χ3v) is 4.14. The van der Waals surface area contributed by atoms with Crippen molar-refractivity contribution in [2.75, 3.05) is 20.1 Å². The standard InChI is InChI=1S/C17H23N3O2S/c1-17(2,22)12-20(3)16(21)18-10-9-14-11-23-15(19-14)13-7-5-4-6-8-13/h4-8,11,22H,9-10,12H2,1-3H3,(H,18,21). The molecule has 0 aliphatic carbocycles. The van der Waals surface area contributed by atoms with Crippen molar-refractivity contribution in [1.29, 1.82) is 0 Å². The van der Waals surface area contributed by atoms with Crippen molar-refractivity contribution in [3.63, 3.8) is 0 Å². The fourth-order valence-electron chi connectivity index (χ4n) is 2.22. The van der Waals surface area contributed by atoms with Gasteiger partial charge in [-0.3, -0.25) is 0 Å². The molecule has 23 heavy (non-hydrogen) atoms. The zero-order chi connectivity index (χ0) is 16.9. The van der Waals surface area contributed by atoms with Crippen LogP contribution in [0.4, 0.5) is 4.79 Å². The highest BCUT2D eigenvalue weighted by Crippen LogP contribution is 2.23. The van der Waals surface area contributed by atoms with E-state index in [0.29, 0.717) is 13.0 Å². The molecule has 0 aliphatic heterocycles. The average molecular weight is 333 g/mol. The highest BCUT2D eigenvalue weighted by Gasteiger charge is 2.18. The Balaban J connectivity index is 1.81. The molecule has 2 rings (SSSR count). The van der Waals surface area contributed by atoms with Gasteiger partial charge in [0.1, 0.15) is 5.01 Å². The Labute approximate surface area is 141 Å². The summed E-state index contributed by atoms with van der Waals surface area (Å²) in [4.78, 5) is 18.0. The zero-order valence-electron chi connectivity index (χ0n) is 13.7. The SMILES string of the molecule is CN(CC(C)(C)O)C(=O)NCCc1csc(-c2ccccc2)n1. The molecule has 0 spiro atoms. The van der Waals surface area contributed by atoms with E-state index in [1.807, 2.05) is 35.7 Å². The highest BCUT2D eigenvalue weighted by atomic mass is 32.1. The molecule has 0 fully saturated rings. The molecule has 0 atom stereocenters. The van der Waals surface area contributed by atoms with E-state index < -0.39 is 5.60 Å². The lowest BCUT2D eigenvalue weighted by atomic mass is 10.1. The maximum absolute atomic E-state index is 11.9. The largest absolute Gasteiger partial charge is 0.389 e. The summed E-state index contributed by atoms with van der Waals surface area (Å²) < 4.78 is 0. The smallest absolute Gasteiger partial charge is 0.317 e. The summed E-state index contributed by atoms with van der Waals surface area (Å²) in [7, 11) is 1.67. The van der Waals surface area contributed by atoms with Crippen LogP contribution in [-0.2, 0) is 6.42 Å². The van der Waals surface area contributed by atoms with Gasteiger partial charge in [0, 0.05) is 31.0 Å². The second-order valence-electron chi connectivity index (χ2n) is 6.16. The minimum atomic E-state index is -0.897.